The second kappa shape index (κ2) is 9.18. The fraction of sp³-hybridized carbons (Fsp3) is 0. The van der Waals surface area contributed by atoms with Crippen LogP contribution < -0.4 is 0 Å². The van der Waals surface area contributed by atoms with Crippen LogP contribution in [0.2, 0.25) is 0 Å². The Labute approximate surface area is 277 Å². The van der Waals surface area contributed by atoms with Gasteiger partial charge in [0.1, 0.15) is 11.2 Å². The highest BCUT2D eigenvalue weighted by Gasteiger charge is 2.22. The van der Waals surface area contributed by atoms with Gasteiger partial charge in [0.15, 0.2) is 17.5 Å². The van der Waals surface area contributed by atoms with Crippen LogP contribution in [0.5, 0.6) is 0 Å². The van der Waals surface area contributed by atoms with E-state index in [1.54, 1.807) is 12.1 Å². The van der Waals surface area contributed by atoms with E-state index in [0.717, 1.165) is 37.7 Å². The fourth-order valence-electron chi connectivity index (χ4n) is 6.27. The summed E-state index contributed by atoms with van der Waals surface area (Å²) in [6.07, 6.45) is 0. The monoisotopic (exact) mass is 587 g/mol. The Morgan fingerprint density at radius 2 is 1.00 bits per heavy atom. The maximum Gasteiger partial charge on any atom is 0.164 e. The van der Waals surface area contributed by atoms with Crippen molar-refractivity contribution >= 4 is 54.3 Å². The Morgan fingerprint density at radius 3 is 1.71 bits per heavy atom. The average molecular weight is 588 g/mol. The van der Waals surface area contributed by atoms with Crippen molar-refractivity contribution in [2.24, 2.45) is 0 Å². The lowest BCUT2D eigenvalue weighted by molar-refractivity contribution is 0.669. The molecule has 10 aromatic rings. The molecule has 45 heavy (non-hydrogen) atoms. The highest BCUT2D eigenvalue weighted by Crippen LogP contribution is 2.49. The molecule has 208 valence electrons. The summed E-state index contributed by atoms with van der Waals surface area (Å²) in [5, 5.41) is 6.89. The minimum absolute atomic E-state index is 0.0649. The lowest BCUT2D eigenvalue weighted by atomic mass is 9.86. The first-order valence-corrected chi connectivity index (χ1v) is 14.0. The SMILES string of the molecule is [2H]c1c([2H])c([2H])c(-c2nc(-c3c([2H])c([2H])c([2H])c([2H])c3[2H])nc(-c3c([2H])c([2H])c([2H])c(-c4ccc5oc6ccc7ccc8cccc9c4c5c6c7c89)c3[2H])n2)c([2H])c1[2H]. The van der Waals surface area contributed by atoms with E-state index in [0.29, 0.717) is 22.1 Å². The average Bonchev–Trinajstić information content (AvgIpc) is 3.62. The topological polar surface area (TPSA) is 51.8 Å². The number of hydrogen-bond acceptors (Lipinski definition) is 4. The molecule has 0 unspecified atom stereocenters. The number of rotatable bonds is 4. The molecule has 0 amide bonds. The van der Waals surface area contributed by atoms with Gasteiger partial charge in [0.25, 0.3) is 0 Å². The van der Waals surface area contributed by atoms with Gasteiger partial charge in [0, 0.05) is 38.2 Å². The number of benzene rings is 8. The second-order valence-electron chi connectivity index (χ2n) is 10.5. The van der Waals surface area contributed by atoms with Gasteiger partial charge in [0.2, 0.25) is 0 Å². The third kappa shape index (κ3) is 3.57. The van der Waals surface area contributed by atoms with Crippen molar-refractivity contribution in [2.45, 2.75) is 0 Å². The zero-order chi connectivity index (χ0) is 41.7. The van der Waals surface area contributed by atoms with E-state index in [4.69, 9.17) is 20.9 Å². The van der Waals surface area contributed by atoms with Gasteiger partial charge < -0.3 is 4.42 Å². The number of hydrogen-bond donors (Lipinski definition) is 0. The molecule has 2 heterocycles. The number of nitrogens with zero attached hydrogens (tertiary/aromatic N) is 3. The van der Waals surface area contributed by atoms with Gasteiger partial charge in [-0.15, -0.1) is 0 Å². The molecular weight excluding hydrogens is 550 g/mol. The van der Waals surface area contributed by atoms with Crippen LogP contribution in [0.4, 0.5) is 0 Å². The molecule has 4 nitrogen and oxygen atoms in total. The lowest BCUT2D eigenvalue weighted by Crippen LogP contribution is -2.00. The Morgan fingerprint density at radius 1 is 0.444 bits per heavy atom. The highest BCUT2D eigenvalue weighted by molar-refractivity contribution is 6.40. The van der Waals surface area contributed by atoms with Crippen molar-refractivity contribution in [3.8, 4) is 45.3 Å². The quantitative estimate of drug-likeness (QED) is 0.152. The molecule has 0 aliphatic heterocycles. The minimum Gasteiger partial charge on any atom is -0.456 e. The third-order valence-electron chi connectivity index (χ3n) is 8.10. The first-order valence-electron chi connectivity index (χ1n) is 21.0. The third-order valence-corrected chi connectivity index (χ3v) is 8.10. The van der Waals surface area contributed by atoms with Crippen LogP contribution in [-0.4, -0.2) is 15.0 Å². The van der Waals surface area contributed by atoms with E-state index in [1.165, 1.54) is 0 Å². The first kappa shape index (κ1) is 14.6. The molecular formula is C41H23N3O. The van der Waals surface area contributed by atoms with E-state index >= 15 is 0 Å². The number of aromatic nitrogens is 3. The predicted octanol–water partition coefficient (Wildman–Crippen LogP) is 10.8. The Hall–Kier alpha value is -6.13. The van der Waals surface area contributed by atoms with Crippen LogP contribution in [0.3, 0.4) is 0 Å². The van der Waals surface area contributed by atoms with Crippen LogP contribution in [0.15, 0.2) is 144 Å². The molecule has 4 heteroatoms. The van der Waals surface area contributed by atoms with Crippen LogP contribution >= 0.6 is 0 Å². The molecule has 0 N–H and O–H groups in total. The molecule has 10 rings (SSSR count). The first-order chi connectivity index (χ1) is 28.1. The molecule has 2 aromatic heterocycles. The van der Waals surface area contributed by atoms with Gasteiger partial charge in [-0.25, -0.2) is 15.0 Å². The number of fused-ring (bicyclic) bond motifs is 1. The summed E-state index contributed by atoms with van der Waals surface area (Å²) in [5.74, 6) is -1.69. The molecule has 0 saturated heterocycles. The van der Waals surface area contributed by atoms with E-state index in [2.05, 4.69) is 15.0 Å². The second-order valence-corrected chi connectivity index (χ2v) is 10.5. The van der Waals surface area contributed by atoms with Gasteiger partial charge in [-0.05, 0) is 50.8 Å². The van der Waals surface area contributed by atoms with Crippen LogP contribution in [0.25, 0.3) is 99.5 Å². The van der Waals surface area contributed by atoms with Crippen LogP contribution in [0, 0.1) is 0 Å². The van der Waals surface area contributed by atoms with Gasteiger partial charge >= 0.3 is 0 Å². The van der Waals surface area contributed by atoms with Crippen LogP contribution in [-0.2, 0) is 0 Å². The maximum absolute atomic E-state index is 9.73. The van der Waals surface area contributed by atoms with E-state index < -0.39 is 119 Å². The lowest BCUT2D eigenvalue weighted by Gasteiger charge is -2.16. The summed E-state index contributed by atoms with van der Waals surface area (Å²) in [7, 11) is 0. The molecule has 0 spiro atoms. The van der Waals surface area contributed by atoms with Crippen LogP contribution in [0.1, 0.15) is 19.2 Å². The molecule has 0 radical (unpaired) electrons. The van der Waals surface area contributed by atoms with Gasteiger partial charge in [0.05, 0.1) is 19.2 Å². The fourth-order valence-corrected chi connectivity index (χ4v) is 6.27. The Bertz CT molecular complexity index is 3360. The summed E-state index contributed by atoms with van der Waals surface area (Å²) < 4.78 is 128. The summed E-state index contributed by atoms with van der Waals surface area (Å²) in [5.41, 5.74) is 0.0535. The smallest absolute Gasteiger partial charge is 0.164 e. The Kier molecular flexibility index (Phi) is 2.97. The highest BCUT2D eigenvalue weighted by atomic mass is 16.3. The van der Waals surface area contributed by atoms with Crippen molar-refractivity contribution < 1.29 is 23.6 Å². The van der Waals surface area contributed by atoms with Crippen molar-refractivity contribution in [3.63, 3.8) is 0 Å². The summed E-state index contributed by atoms with van der Waals surface area (Å²) in [6.45, 7) is 0. The predicted molar refractivity (Wildman–Crippen MR) is 184 cm³/mol. The Balaban J connectivity index is 1.34. The van der Waals surface area contributed by atoms with Gasteiger partial charge in [-0.2, -0.15) is 0 Å². The molecule has 0 saturated carbocycles. The molecule has 0 atom stereocenters. The van der Waals surface area contributed by atoms with Crippen molar-refractivity contribution in [1.29, 1.82) is 0 Å². The van der Waals surface area contributed by atoms with E-state index in [9.17, 15) is 2.74 Å². The maximum atomic E-state index is 9.73. The molecule has 8 aromatic carbocycles. The van der Waals surface area contributed by atoms with Crippen molar-refractivity contribution in [3.05, 3.63) is 139 Å². The zero-order valence-electron chi connectivity index (χ0n) is 36.9. The van der Waals surface area contributed by atoms with E-state index in [-0.39, 0.29) is 5.56 Å². The minimum atomic E-state index is -0.728. The number of furan rings is 1. The van der Waals surface area contributed by atoms with Gasteiger partial charge in [-0.1, -0.05) is 121 Å². The molecule has 0 fully saturated rings. The van der Waals surface area contributed by atoms with Crippen molar-refractivity contribution in [2.75, 3.05) is 0 Å². The van der Waals surface area contributed by atoms with Crippen molar-refractivity contribution in [1.82, 2.24) is 15.0 Å². The summed E-state index contributed by atoms with van der Waals surface area (Å²) >= 11 is 0. The summed E-state index contributed by atoms with van der Waals surface area (Å²) in [4.78, 5) is 13.2. The molecule has 0 aliphatic carbocycles. The zero-order valence-corrected chi connectivity index (χ0v) is 22.9. The summed E-state index contributed by atoms with van der Waals surface area (Å²) in [6, 6.07) is 7.79. The normalized spacial score (nSPS) is 16.4. The van der Waals surface area contributed by atoms with E-state index in [1.807, 2.05) is 42.5 Å². The molecule has 0 bridgehead atoms. The van der Waals surface area contributed by atoms with Gasteiger partial charge in [-0.3, -0.25) is 0 Å². The largest absolute Gasteiger partial charge is 0.456 e. The standard InChI is InChI=1S/C41H23N3O/c1-3-9-26(10-4-1)39-42-40(27-11-5-2-6-12-27)44-41(43-39)29-15-7-14-28(23-29)30-20-22-33-38-36(30)31-16-8-13-24-17-18-25-19-21-32(45-33)37(38)35(25)34(24)31/h1-23H/i1D,2D,3D,4D,5D,6D,7D,9D,10D,11D,12D,14D,15D,23D. The molecule has 0 aliphatic rings.